The van der Waals surface area contributed by atoms with Gasteiger partial charge in [-0.15, -0.1) is 0 Å². The van der Waals surface area contributed by atoms with Gasteiger partial charge in [0, 0.05) is 23.2 Å². The van der Waals surface area contributed by atoms with Crippen LogP contribution in [0.5, 0.6) is 5.75 Å². The number of nitrogens with one attached hydrogen (secondary N) is 1. The van der Waals surface area contributed by atoms with E-state index in [1.807, 2.05) is 42.5 Å². The molecule has 0 bridgehead atoms. The Morgan fingerprint density at radius 3 is 2.28 bits per heavy atom. The van der Waals surface area contributed by atoms with Gasteiger partial charge in [-0.2, -0.15) is 0 Å². The fourth-order valence-electron chi connectivity index (χ4n) is 2.61. The van der Waals surface area contributed by atoms with E-state index < -0.39 is 0 Å². The first kappa shape index (κ1) is 17.5. The van der Waals surface area contributed by atoms with Crippen molar-refractivity contribution >= 4 is 11.6 Å². The van der Waals surface area contributed by atoms with Gasteiger partial charge in [0.25, 0.3) is 0 Å². The van der Waals surface area contributed by atoms with E-state index in [0.717, 1.165) is 22.9 Å². The molecule has 0 aromatic heterocycles. The van der Waals surface area contributed by atoms with Crippen molar-refractivity contribution in [1.29, 1.82) is 0 Å². The molecule has 0 aliphatic carbocycles. The van der Waals surface area contributed by atoms with Crippen LogP contribution in [0.3, 0.4) is 0 Å². The second kappa shape index (κ2) is 8.70. The van der Waals surface area contributed by atoms with Crippen molar-refractivity contribution in [2.75, 3.05) is 0 Å². The minimum absolute atomic E-state index is 0.317. The van der Waals surface area contributed by atoms with Crippen LogP contribution < -0.4 is 10.1 Å². The molecule has 0 saturated heterocycles. The Kier molecular flexibility index (Phi) is 6.10. The third kappa shape index (κ3) is 5.09. The summed E-state index contributed by atoms with van der Waals surface area (Å²) in [7, 11) is 0. The molecule has 2 nitrogen and oxygen atoms in total. The highest BCUT2D eigenvalue weighted by atomic mass is 35.5. The summed E-state index contributed by atoms with van der Waals surface area (Å²) in [5.41, 5.74) is 3.52. The predicted octanol–water partition coefficient (Wildman–Crippen LogP) is 5.77. The van der Waals surface area contributed by atoms with Gasteiger partial charge in [0.15, 0.2) is 0 Å². The van der Waals surface area contributed by atoms with Crippen LogP contribution in [0.15, 0.2) is 78.9 Å². The quantitative estimate of drug-likeness (QED) is 0.583. The maximum Gasteiger partial charge on any atom is 0.119 e. The standard InChI is InChI=1S/C22H22ClNO/c1-17(19-7-3-2-4-8-19)24-15-18-11-13-21(14-12-18)25-16-20-9-5-6-10-22(20)23/h2-14,17,24H,15-16H2,1H3. The Labute approximate surface area is 154 Å². The summed E-state index contributed by atoms with van der Waals surface area (Å²) in [5.74, 6) is 0.847. The normalized spacial score (nSPS) is 11.9. The summed E-state index contributed by atoms with van der Waals surface area (Å²) in [6, 6.07) is 26.7. The molecule has 1 unspecified atom stereocenters. The van der Waals surface area contributed by atoms with Crippen LogP contribution in [-0.2, 0) is 13.2 Å². The van der Waals surface area contributed by atoms with Crippen LogP contribution in [0.4, 0.5) is 0 Å². The number of hydrogen-bond acceptors (Lipinski definition) is 2. The smallest absolute Gasteiger partial charge is 0.119 e. The minimum Gasteiger partial charge on any atom is -0.489 e. The molecule has 3 heteroatoms. The van der Waals surface area contributed by atoms with E-state index in [1.54, 1.807) is 0 Å². The molecule has 0 amide bonds. The zero-order valence-electron chi connectivity index (χ0n) is 14.3. The molecular weight excluding hydrogens is 330 g/mol. The molecule has 0 heterocycles. The van der Waals surface area contributed by atoms with Crippen LogP contribution in [0.25, 0.3) is 0 Å². The first-order valence-electron chi connectivity index (χ1n) is 8.46. The molecule has 0 radical (unpaired) electrons. The predicted molar refractivity (Wildman–Crippen MR) is 104 cm³/mol. The van der Waals surface area contributed by atoms with Crippen molar-refractivity contribution in [3.8, 4) is 5.75 Å². The molecule has 1 atom stereocenters. The summed E-state index contributed by atoms with van der Waals surface area (Å²) in [6.07, 6.45) is 0. The van der Waals surface area contributed by atoms with E-state index in [0.29, 0.717) is 12.6 Å². The summed E-state index contributed by atoms with van der Waals surface area (Å²) < 4.78 is 5.82. The maximum absolute atomic E-state index is 6.15. The van der Waals surface area contributed by atoms with Crippen LogP contribution in [0.2, 0.25) is 5.02 Å². The van der Waals surface area contributed by atoms with Gasteiger partial charge in [-0.05, 0) is 36.2 Å². The lowest BCUT2D eigenvalue weighted by atomic mass is 10.1. The Morgan fingerprint density at radius 1 is 0.880 bits per heavy atom. The van der Waals surface area contributed by atoms with E-state index in [4.69, 9.17) is 16.3 Å². The summed E-state index contributed by atoms with van der Waals surface area (Å²) in [6.45, 7) is 3.47. The van der Waals surface area contributed by atoms with E-state index in [1.165, 1.54) is 11.1 Å². The van der Waals surface area contributed by atoms with Crippen molar-refractivity contribution in [2.24, 2.45) is 0 Å². The zero-order valence-corrected chi connectivity index (χ0v) is 15.0. The van der Waals surface area contributed by atoms with Gasteiger partial charge in [-0.25, -0.2) is 0 Å². The summed E-state index contributed by atoms with van der Waals surface area (Å²) in [5, 5.41) is 4.28. The lowest BCUT2D eigenvalue weighted by molar-refractivity contribution is 0.306. The average molecular weight is 352 g/mol. The fraction of sp³-hybridized carbons (Fsp3) is 0.182. The van der Waals surface area contributed by atoms with Crippen molar-refractivity contribution in [3.63, 3.8) is 0 Å². The third-order valence-electron chi connectivity index (χ3n) is 4.19. The van der Waals surface area contributed by atoms with E-state index in [9.17, 15) is 0 Å². The molecule has 3 aromatic carbocycles. The van der Waals surface area contributed by atoms with E-state index >= 15 is 0 Å². The molecule has 1 N–H and O–H groups in total. The average Bonchev–Trinajstić information content (AvgIpc) is 2.67. The van der Waals surface area contributed by atoms with Crippen molar-refractivity contribution in [2.45, 2.75) is 26.1 Å². The maximum atomic E-state index is 6.15. The first-order chi connectivity index (χ1) is 12.2. The molecule has 0 spiro atoms. The number of rotatable bonds is 7. The fourth-order valence-corrected chi connectivity index (χ4v) is 2.80. The highest BCUT2D eigenvalue weighted by Gasteiger charge is 2.04. The van der Waals surface area contributed by atoms with Gasteiger partial charge >= 0.3 is 0 Å². The van der Waals surface area contributed by atoms with Gasteiger partial charge in [-0.3, -0.25) is 0 Å². The lowest BCUT2D eigenvalue weighted by Crippen LogP contribution is -2.17. The topological polar surface area (TPSA) is 21.3 Å². The monoisotopic (exact) mass is 351 g/mol. The molecule has 128 valence electrons. The Bertz CT molecular complexity index is 787. The van der Waals surface area contributed by atoms with Crippen molar-refractivity contribution < 1.29 is 4.74 Å². The molecule has 0 saturated carbocycles. The highest BCUT2D eigenvalue weighted by molar-refractivity contribution is 6.31. The van der Waals surface area contributed by atoms with Crippen LogP contribution >= 0.6 is 11.6 Å². The van der Waals surface area contributed by atoms with Gasteiger partial charge in [0.2, 0.25) is 0 Å². The van der Waals surface area contributed by atoms with E-state index in [2.05, 4.69) is 48.6 Å². The summed E-state index contributed by atoms with van der Waals surface area (Å²) in [4.78, 5) is 0. The molecule has 0 aliphatic rings. The van der Waals surface area contributed by atoms with Crippen LogP contribution in [-0.4, -0.2) is 0 Å². The third-order valence-corrected chi connectivity index (χ3v) is 4.56. The summed E-state index contributed by atoms with van der Waals surface area (Å²) >= 11 is 6.15. The number of hydrogen-bond donors (Lipinski definition) is 1. The molecule has 25 heavy (non-hydrogen) atoms. The van der Waals surface area contributed by atoms with Crippen molar-refractivity contribution in [3.05, 3.63) is 101 Å². The second-order valence-electron chi connectivity index (χ2n) is 6.04. The SMILES string of the molecule is CC(NCc1ccc(OCc2ccccc2Cl)cc1)c1ccccc1. The molecule has 3 aromatic rings. The minimum atomic E-state index is 0.317. The molecule has 0 aliphatic heterocycles. The Hall–Kier alpha value is -2.29. The number of ether oxygens (including phenoxy) is 1. The Balaban J connectivity index is 1.51. The second-order valence-corrected chi connectivity index (χ2v) is 6.44. The Morgan fingerprint density at radius 2 is 1.56 bits per heavy atom. The largest absolute Gasteiger partial charge is 0.489 e. The molecule has 0 fully saturated rings. The molecule has 3 rings (SSSR count). The first-order valence-corrected chi connectivity index (χ1v) is 8.83. The zero-order chi connectivity index (χ0) is 17.5. The van der Waals surface area contributed by atoms with Crippen LogP contribution in [0, 0.1) is 0 Å². The van der Waals surface area contributed by atoms with E-state index in [-0.39, 0.29) is 0 Å². The highest BCUT2D eigenvalue weighted by Crippen LogP contribution is 2.19. The lowest BCUT2D eigenvalue weighted by Gasteiger charge is -2.14. The number of benzene rings is 3. The van der Waals surface area contributed by atoms with Gasteiger partial charge in [-0.1, -0.05) is 72.3 Å². The van der Waals surface area contributed by atoms with Gasteiger partial charge in [0.05, 0.1) is 0 Å². The molecular formula is C22H22ClNO. The number of halogens is 1. The van der Waals surface area contributed by atoms with Gasteiger partial charge < -0.3 is 10.1 Å². The van der Waals surface area contributed by atoms with Crippen molar-refractivity contribution in [1.82, 2.24) is 5.32 Å². The van der Waals surface area contributed by atoms with Crippen LogP contribution in [0.1, 0.15) is 29.7 Å². The van der Waals surface area contributed by atoms with Gasteiger partial charge in [0.1, 0.15) is 12.4 Å².